The molecule has 1 aliphatic heterocycles. The van der Waals surface area contributed by atoms with Gasteiger partial charge in [0.25, 0.3) is 0 Å². The van der Waals surface area contributed by atoms with Gasteiger partial charge in [-0.05, 0) is 26.3 Å². The van der Waals surface area contributed by atoms with Gasteiger partial charge in [0.15, 0.2) is 11.5 Å². The van der Waals surface area contributed by atoms with E-state index in [0.717, 1.165) is 18.6 Å². The van der Waals surface area contributed by atoms with Crippen LogP contribution in [0, 0.1) is 0 Å². The summed E-state index contributed by atoms with van der Waals surface area (Å²) in [5.41, 5.74) is 0.861. The van der Waals surface area contributed by atoms with Gasteiger partial charge in [-0.1, -0.05) is 12.1 Å². The lowest BCUT2D eigenvalue weighted by Gasteiger charge is -2.17. The van der Waals surface area contributed by atoms with Crippen LogP contribution in [-0.4, -0.2) is 30.5 Å². The second-order valence-corrected chi connectivity index (χ2v) is 4.55. The minimum Gasteiger partial charge on any atom is -0.504 e. The molecule has 1 aromatic rings. The summed E-state index contributed by atoms with van der Waals surface area (Å²) in [6, 6.07) is 5.95. The summed E-state index contributed by atoms with van der Waals surface area (Å²) in [5, 5.41) is 13.5. The van der Waals surface area contributed by atoms with Crippen molar-refractivity contribution in [2.75, 3.05) is 13.2 Å². The molecule has 1 aliphatic rings. The fourth-order valence-electron chi connectivity index (χ4n) is 2.22. The van der Waals surface area contributed by atoms with Crippen molar-refractivity contribution in [1.29, 1.82) is 0 Å². The van der Waals surface area contributed by atoms with E-state index in [1.54, 1.807) is 6.07 Å². The Bertz CT molecular complexity index is 395. The molecule has 1 fully saturated rings. The fourth-order valence-corrected chi connectivity index (χ4v) is 2.22. The molecule has 2 atom stereocenters. The van der Waals surface area contributed by atoms with Crippen LogP contribution in [0.2, 0.25) is 0 Å². The third-order valence-electron chi connectivity index (χ3n) is 3.31. The first-order valence-electron chi connectivity index (χ1n) is 6.51. The van der Waals surface area contributed by atoms with E-state index in [-0.39, 0.29) is 11.9 Å². The van der Waals surface area contributed by atoms with E-state index >= 15 is 0 Å². The molecule has 0 spiro atoms. The van der Waals surface area contributed by atoms with E-state index in [1.165, 1.54) is 0 Å². The summed E-state index contributed by atoms with van der Waals surface area (Å²) in [4.78, 5) is 0. The van der Waals surface area contributed by atoms with Crippen molar-refractivity contribution in [3.8, 4) is 11.5 Å². The van der Waals surface area contributed by atoms with E-state index in [4.69, 9.17) is 9.47 Å². The number of aromatic hydroxyl groups is 1. The van der Waals surface area contributed by atoms with Crippen molar-refractivity contribution in [3.05, 3.63) is 23.8 Å². The van der Waals surface area contributed by atoms with Crippen molar-refractivity contribution in [2.24, 2.45) is 0 Å². The molecule has 0 aromatic heterocycles. The standard InChI is InChI=1S/C14H21NO3/c1-3-17-13-6-4-5-11(14(13)16)9-15-12-7-8-18-10(12)2/h4-6,10,12,15-16H,3,7-9H2,1-2H3. The summed E-state index contributed by atoms with van der Waals surface area (Å²) in [5.74, 6) is 0.783. The quantitative estimate of drug-likeness (QED) is 0.841. The second kappa shape index (κ2) is 6.07. The SMILES string of the molecule is CCOc1cccc(CNC2CCOC2C)c1O. The first-order chi connectivity index (χ1) is 8.72. The van der Waals surface area contributed by atoms with Crippen LogP contribution < -0.4 is 10.1 Å². The van der Waals surface area contributed by atoms with Crippen molar-refractivity contribution in [2.45, 2.75) is 39.0 Å². The molecule has 0 aliphatic carbocycles. The smallest absolute Gasteiger partial charge is 0.162 e. The Labute approximate surface area is 108 Å². The first-order valence-corrected chi connectivity index (χ1v) is 6.51. The Morgan fingerprint density at radius 1 is 1.50 bits per heavy atom. The van der Waals surface area contributed by atoms with E-state index in [9.17, 15) is 5.11 Å². The van der Waals surface area contributed by atoms with Crippen molar-refractivity contribution in [1.82, 2.24) is 5.32 Å². The number of nitrogens with one attached hydrogen (secondary N) is 1. The largest absolute Gasteiger partial charge is 0.504 e. The van der Waals surface area contributed by atoms with Crippen LogP contribution in [0.5, 0.6) is 11.5 Å². The molecule has 1 heterocycles. The van der Waals surface area contributed by atoms with E-state index in [0.29, 0.717) is 24.9 Å². The molecule has 0 bridgehead atoms. The van der Waals surface area contributed by atoms with Crippen LogP contribution in [0.15, 0.2) is 18.2 Å². The molecular weight excluding hydrogens is 230 g/mol. The van der Waals surface area contributed by atoms with Crippen molar-refractivity contribution in [3.63, 3.8) is 0 Å². The Kier molecular flexibility index (Phi) is 4.44. The van der Waals surface area contributed by atoms with Gasteiger partial charge in [0.1, 0.15) is 0 Å². The molecule has 1 saturated heterocycles. The number of phenolic OH excluding ortho intramolecular Hbond substituents is 1. The van der Waals surface area contributed by atoms with Gasteiger partial charge in [0.05, 0.1) is 12.7 Å². The molecule has 100 valence electrons. The maximum absolute atomic E-state index is 10.1. The van der Waals surface area contributed by atoms with Gasteiger partial charge in [-0.3, -0.25) is 0 Å². The van der Waals surface area contributed by atoms with Crippen LogP contribution >= 0.6 is 0 Å². The normalized spacial score (nSPS) is 23.2. The van der Waals surface area contributed by atoms with Crippen molar-refractivity contribution < 1.29 is 14.6 Å². The van der Waals surface area contributed by atoms with Crippen LogP contribution in [-0.2, 0) is 11.3 Å². The third kappa shape index (κ3) is 2.94. The molecular formula is C14H21NO3. The maximum atomic E-state index is 10.1. The molecule has 2 rings (SSSR count). The highest BCUT2D eigenvalue weighted by Crippen LogP contribution is 2.29. The zero-order chi connectivity index (χ0) is 13.0. The zero-order valence-electron chi connectivity index (χ0n) is 11.0. The monoisotopic (exact) mass is 251 g/mol. The van der Waals surface area contributed by atoms with Gasteiger partial charge in [-0.15, -0.1) is 0 Å². The zero-order valence-corrected chi connectivity index (χ0v) is 11.0. The van der Waals surface area contributed by atoms with E-state index < -0.39 is 0 Å². The number of benzene rings is 1. The molecule has 1 aromatic carbocycles. The van der Waals surface area contributed by atoms with Gasteiger partial charge < -0.3 is 19.9 Å². The first kappa shape index (κ1) is 13.2. The maximum Gasteiger partial charge on any atom is 0.162 e. The fraction of sp³-hybridized carbons (Fsp3) is 0.571. The molecule has 4 heteroatoms. The molecule has 2 unspecified atom stereocenters. The van der Waals surface area contributed by atoms with Crippen LogP contribution in [0.25, 0.3) is 0 Å². The highest BCUT2D eigenvalue weighted by atomic mass is 16.5. The average Bonchev–Trinajstić information content (AvgIpc) is 2.76. The molecule has 0 saturated carbocycles. The lowest BCUT2D eigenvalue weighted by molar-refractivity contribution is 0.113. The van der Waals surface area contributed by atoms with Gasteiger partial charge in [-0.25, -0.2) is 0 Å². The predicted octanol–water partition coefficient (Wildman–Crippen LogP) is 2.06. The molecule has 2 N–H and O–H groups in total. The summed E-state index contributed by atoms with van der Waals surface area (Å²) < 4.78 is 10.9. The highest BCUT2D eigenvalue weighted by Gasteiger charge is 2.23. The van der Waals surface area contributed by atoms with Gasteiger partial charge in [0.2, 0.25) is 0 Å². The predicted molar refractivity (Wildman–Crippen MR) is 69.9 cm³/mol. The number of para-hydroxylation sites is 1. The van der Waals surface area contributed by atoms with E-state index in [2.05, 4.69) is 12.2 Å². The van der Waals surface area contributed by atoms with Crippen LogP contribution in [0.3, 0.4) is 0 Å². The summed E-state index contributed by atoms with van der Waals surface area (Å²) in [7, 11) is 0. The average molecular weight is 251 g/mol. The Morgan fingerprint density at radius 2 is 2.33 bits per heavy atom. The summed E-state index contributed by atoms with van der Waals surface area (Å²) in [6.07, 6.45) is 1.26. The Morgan fingerprint density at radius 3 is 3.00 bits per heavy atom. The molecule has 18 heavy (non-hydrogen) atoms. The lowest BCUT2D eigenvalue weighted by atomic mass is 10.1. The number of ether oxygens (including phenoxy) is 2. The van der Waals surface area contributed by atoms with Gasteiger partial charge in [0, 0.05) is 24.8 Å². The molecule has 0 amide bonds. The number of phenols is 1. The van der Waals surface area contributed by atoms with Crippen molar-refractivity contribution >= 4 is 0 Å². The molecule has 4 nitrogen and oxygen atoms in total. The lowest BCUT2D eigenvalue weighted by Crippen LogP contribution is -2.34. The van der Waals surface area contributed by atoms with E-state index in [1.807, 2.05) is 19.1 Å². The van der Waals surface area contributed by atoms with Gasteiger partial charge in [-0.2, -0.15) is 0 Å². The Hall–Kier alpha value is -1.26. The third-order valence-corrected chi connectivity index (χ3v) is 3.31. The Balaban J connectivity index is 1.98. The number of hydrogen-bond donors (Lipinski definition) is 2. The second-order valence-electron chi connectivity index (χ2n) is 4.55. The minimum atomic E-state index is 0.235. The summed E-state index contributed by atoms with van der Waals surface area (Å²) >= 11 is 0. The van der Waals surface area contributed by atoms with Crippen LogP contribution in [0.1, 0.15) is 25.8 Å². The minimum absolute atomic E-state index is 0.235. The van der Waals surface area contributed by atoms with Gasteiger partial charge >= 0.3 is 0 Å². The van der Waals surface area contributed by atoms with Crippen LogP contribution in [0.4, 0.5) is 0 Å². The number of hydrogen-bond acceptors (Lipinski definition) is 4. The molecule has 0 radical (unpaired) electrons. The topological polar surface area (TPSA) is 50.7 Å². The number of rotatable bonds is 5. The highest BCUT2D eigenvalue weighted by molar-refractivity contribution is 5.45. The summed E-state index contributed by atoms with van der Waals surface area (Å²) in [6.45, 7) is 5.97.